The maximum Gasteiger partial charge on any atom is 0.185 e. The summed E-state index contributed by atoms with van der Waals surface area (Å²) in [6, 6.07) is 3.69. The first-order valence-corrected chi connectivity index (χ1v) is 9.02. The molecule has 1 atom stereocenters. The van der Waals surface area contributed by atoms with Crippen LogP contribution in [0.1, 0.15) is 31.9 Å². The molecule has 21 heavy (non-hydrogen) atoms. The molecule has 114 valence electrons. The lowest BCUT2D eigenvalue weighted by Crippen LogP contribution is -2.12. The number of rotatable bonds is 6. The summed E-state index contributed by atoms with van der Waals surface area (Å²) in [5, 5.41) is 3.67. The summed E-state index contributed by atoms with van der Waals surface area (Å²) in [5.41, 5.74) is 6.75. The Kier molecular flexibility index (Phi) is 4.79. The number of hydrogen-bond donors (Lipinski definition) is 2. The van der Waals surface area contributed by atoms with Gasteiger partial charge in [-0.2, -0.15) is 4.37 Å². The topological polar surface area (TPSA) is 98.0 Å². The van der Waals surface area contributed by atoms with Crippen molar-refractivity contribution in [2.24, 2.45) is 0 Å². The predicted molar refractivity (Wildman–Crippen MR) is 85.1 cm³/mol. The first-order valence-electron chi connectivity index (χ1n) is 6.60. The van der Waals surface area contributed by atoms with Crippen LogP contribution in [0, 0.1) is 0 Å². The van der Waals surface area contributed by atoms with Gasteiger partial charge in [0.1, 0.15) is 9.90 Å². The minimum absolute atomic E-state index is 0.0634. The second-order valence-corrected chi connectivity index (χ2v) is 7.51. The fourth-order valence-corrected chi connectivity index (χ4v) is 4.69. The molecule has 0 aliphatic rings. The van der Waals surface area contributed by atoms with Gasteiger partial charge in [-0.25, -0.2) is 8.42 Å². The van der Waals surface area contributed by atoms with Gasteiger partial charge in [0.2, 0.25) is 0 Å². The first-order chi connectivity index (χ1) is 9.95. The lowest BCUT2D eigenvalue weighted by Gasteiger charge is -2.15. The second-order valence-electron chi connectivity index (χ2n) is 4.69. The highest BCUT2D eigenvalue weighted by Crippen LogP contribution is 2.34. The molecule has 3 N–H and O–H groups in total. The van der Waals surface area contributed by atoms with E-state index in [9.17, 15) is 8.42 Å². The molecule has 1 unspecified atom stereocenters. The summed E-state index contributed by atoms with van der Waals surface area (Å²) < 4.78 is 28.6. The summed E-state index contributed by atoms with van der Waals surface area (Å²) in [6.07, 6.45) is 3.93. The zero-order chi connectivity index (χ0) is 15.5. The normalized spacial score (nSPS) is 13.0. The van der Waals surface area contributed by atoms with Crippen LogP contribution in [0.4, 0.5) is 10.8 Å². The number of nitrogen functional groups attached to an aromatic ring is 1. The van der Waals surface area contributed by atoms with E-state index < -0.39 is 9.84 Å². The fraction of sp³-hybridized carbons (Fsp3) is 0.385. The molecule has 0 aliphatic carbocycles. The lowest BCUT2D eigenvalue weighted by molar-refractivity contribution is 0.595. The minimum Gasteiger partial charge on any atom is -0.382 e. The number of nitrogens with two attached hydrogens (primary N) is 1. The Bertz CT molecular complexity index is 698. The molecule has 0 saturated carbocycles. The average Bonchev–Trinajstić information content (AvgIpc) is 2.81. The van der Waals surface area contributed by atoms with Crippen LogP contribution in [0.25, 0.3) is 0 Å². The summed E-state index contributed by atoms with van der Waals surface area (Å²) in [7, 11) is -3.41. The highest BCUT2D eigenvalue weighted by molar-refractivity contribution is 7.91. The molecule has 8 heteroatoms. The zero-order valence-corrected chi connectivity index (χ0v) is 13.5. The van der Waals surface area contributed by atoms with Gasteiger partial charge in [-0.05, 0) is 42.6 Å². The van der Waals surface area contributed by atoms with Crippen molar-refractivity contribution in [1.82, 2.24) is 9.36 Å². The van der Waals surface area contributed by atoms with Crippen LogP contribution in [-0.4, -0.2) is 23.5 Å². The van der Waals surface area contributed by atoms with Gasteiger partial charge in [0.05, 0.1) is 5.75 Å². The monoisotopic (exact) mass is 326 g/mol. The minimum atomic E-state index is -3.41. The van der Waals surface area contributed by atoms with Crippen molar-refractivity contribution in [3.05, 3.63) is 30.1 Å². The van der Waals surface area contributed by atoms with Crippen molar-refractivity contribution in [2.75, 3.05) is 16.8 Å². The van der Waals surface area contributed by atoms with E-state index in [1.54, 1.807) is 12.4 Å². The van der Waals surface area contributed by atoms with Crippen molar-refractivity contribution >= 4 is 32.2 Å². The van der Waals surface area contributed by atoms with E-state index in [-0.39, 0.29) is 22.5 Å². The van der Waals surface area contributed by atoms with Gasteiger partial charge in [-0.3, -0.25) is 4.98 Å². The van der Waals surface area contributed by atoms with E-state index in [0.29, 0.717) is 11.4 Å². The van der Waals surface area contributed by atoms with Gasteiger partial charge in [0, 0.05) is 18.4 Å². The molecule has 0 amide bonds. The van der Waals surface area contributed by atoms with E-state index in [1.807, 2.05) is 26.0 Å². The number of sulfone groups is 1. The van der Waals surface area contributed by atoms with Crippen LogP contribution < -0.4 is 11.1 Å². The van der Waals surface area contributed by atoms with Crippen LogP contribution >= 0.6 is 11.5 Å². The number of hydrogen-bond acceptors (Lipinski definition) is 7. The van der Waals surface area contributed by atoms with E-state index in [2.05, 4.69) is 14.7 Å². The third-order valence-corrected chi connectivity index (χ3v) is 5.91. The Morgan fingerprint density at radius 1 is 1.38 bits per heavy atom. The molecule has 0 aromatic carbocycles. The molecule has 0 aliphatic heterocycles. The van der Waals surface area contributed by atoms with Gasteiger partial charge in [-0.15, -0.1) is 0 Å². The third-order valence-electron chi connectivity index (χ3n) is 3.01. The van der Waals surface area contributed by atoms with E-state index >= 15 is 0 Å². The molecule has 2 rings (SSSR count). The number of aromatic nitrogens is 2. The largest absolute Gasteiger partial charge is 0.382 e. The number of pyridine rings is 1. The van der Waals surface area contributed by atoms with Crippen molar-refractivity contribution in [2.45, 2.75) is 31.2 Å². The standard InChI is InChI=1S/C13H18N4O2S2/c1-3-8-21(18,19)11-12(14)17-20-13(11)16-9(2)10-4-6-15-7-5-10/h4-7,9,16H,3,8H2,1-2H3,(H2,14,17). The van der Waals surface area contributed by atoms with E-state index in [0.717, 1.165) is 17.1 Å². The highest BCUT2D eigenvalue weighted by atomic mass is 32.2. The molecule has 2 heterocycles. The van der Waals surface area contributed by atoms with Crippen LogP contribution in [0.3, 0.4) is 0 Å². The Morgan fingerprint density at radius 2 is 2.05 bits per heavy atom. The summed E-state index contributed by atoms with van der Waals surface area (Å²) in [6.45, 7) is 3.77. The molecule has 2 aromatic heterocycles. The molecule has 2 aromatic rings. The van der Waals surface area contributed by atoms with Crippen LogP contribution in [-0.2, 0) is 9.84 Å². The number of nitrogens with one attached hydrogen (secondary N) is 1. The smallest absolute Gasteiger partial charge is 0.185 e. The van der Waals surface area contributed by atoms with Crippen LogP contribution in [0.15, 0.2) is 29.4 Å². The summed E-state index contributed by atoms with van der Waals surface area (Å²) in [4.78, 5) is 4.09. The van der Waals surface area contributed by atoms with Gasteiger partial charge in [0.15, 0.2) is 15.7 Å². The Balaban J connectivity index is 2.30. The van der Waals surface area contributed by atoms with Crippen molar-refractivity contribution in [3.63, 3.8) is 0 Å². The predicted octanol–water partition coefficient (Wildman–Crippen LogP) is 2.48. The van der Waals surface area contributed by atoms with Crippen molar-refractivity contribution < 1.29 is 8.42 Å². The summed E-state index contributed by atoms with van der Waals surface area (Å²) in [5.74, 6) is 0.131. The lowest BCUT2D eigenvalue weighted by atomic mass is 10.1. The molecule has 0 radical (unpaired) electrons. The third kappa shape index (κ3) is 3.51. The zero-order valence-electron chi connectivity index (χ0n) is 11.9. The maximum atomic E-state index is 12.3. The highest BCUT2D eigenvalue weighted by Gasteiger charge is 2.25. The van der Waals surface area contributed by atoms with Gasteiger partial charge in [-0.1, -0.05) is 6.92 Å². The van der Waals surface area contributed by atoms with Crippen LogP contribution in [0.2, 0.25) is 0 Å². The Hall–Kier alpha value is -1.67. The quantitative estimate of drug-likeness (QED) is 0.846. The molecule has 0 fully saturated rings. The number of anilines is 2. The fourth-order valence-electron chi connectivity index (χ4n) is 1.99. The van der Waals surface area contributed by atoms with Gasteiger partial charge >= 0.3 is 0 Å². The maximum absolute atomic E-state index is 12.3. The van der Waals surface area contributed by atoms with Crippen molar-refractivity contribution in [1.29, 1.82) is 0 Å². The second kappa shape index (κ2) is 6.40. The molecular formula is C13H18N4O2S2. The molecule has 6 nitrogen and oxygen atoms in total. The average molecular weight is 326 g/mol. The Morgan fingerprint density at radius 3 is 2.67 bits per heavy atom. The molecule has 0 saturated heterocycles. The van der Waals surface area contributed by atoms with Gasteiger partial charge < -0.3 is 11.1 Å². The number of nitrogens with zero attached hydrogens (tertiary/aromatic N) is 2. The molecular weight excluding hydrogens is 308 g/mol. The molecule has 0 spiro atoms. The molecule has 0 bridgehead atoms. The first kappa shape index (κ1) is 15.7. The van der Waals surface area contributed by atoms with E-state index in [1.165, 1.54) is 0 Å². The van der Waals surface area contributed by atoms with Gasteiger partial charge in [0.25, 0.3) is 0 Å². The Labute approximate surface area is 128 Å². The SMILES string of the molecule is CCCS(=O)(=O)c1c(N)nsc1NC(C)c1ccncc1. The summed E-state index contributed by atoms with van der Waals surface area (Å²) >= 11 is 1.07. The van der Waals surface area contributed by atoms with E-state index in [4.69, 9.17) is 5.73 Å². The van der Waals surface area contributed by atoms with Crippen molar-refractivity contribution in [3.8, 4) is 0 Å². The van der Waals surface area contributed by atoms with Crippen LogP contribution in [0.5, 0.6) is 0 Å².